The van der Waals surface area contributed by atoms with E-state index in [0.29, 0.717) is 6.42 Å². The summed E-state index contributed by atoms with van der Waals surface area (Å²) in [6, 6.07) is 14.0. The molecule has 3 aromatic rings. The molecular weight excluding hydrogens is 456 g/mol. The highest BCUT2D eigenvalue weighted by molar-refractivity contribution is 7.11. The topological polar surface area (TPSA) is 51.7 Å². The van der Waals surface area contributed by atoms with Gasteiger partial charge < -0.3 is 9.47 Å². The zero-order chi connectivity index (χ0) is 22.4. The lowest BCUT2D eigenvalue weighted by Crippen LogP contribution is -2.26. The van der Waals surface area contributed by atoms with E-state index in [-0.39, 0.29) is 18.6 Å². The second-order valence-corrected chi connectivity index (χ2v) is 10.6. The van der Waals surface area contributed by atoms with E-state index in [1.165, 1.54) is 12.8 Å². The van der Waals surface area contributed by atoms with E-state index in [9.17, 15) is 4.79 Å². The van der Waals surface area contributed by atoms with Crippen LogP contribution < -0.4 is 9.47 Å². The van der Waals surface area contributed by atoms with Crippen molar-refractivity contribution >= 4 is 28.7 Å². The van der Waals surface area contributed by atoms with E-state index in [1.807, 2.05) is 42.6 Å². The highest BCUT2D eigenvalue weighted by Crippen LogP contribution is 2.51. The Balaban J connectivity index is 1.25. The van der Waals surface area contributed by atoms with Gasteiger partial charge in [0.15, 0.2) is 11.5 Å². The van der Waals surface area contributed by atoms with Crippen LogP contribution in [0.15, 0.2) is 48.7 Å². The van der Waals surface area contributed by atoms with Gasteiger partial charge in [0, 0.05) is 16.1 Å². The average Bonchev–Trinajstić information content (AvgIpc) is 3.19. The molecule has 1 saturated carbocycles. The molecule has 0 unspecified atom stereocenters. The number of rotatable bonds is 7. The van der Waals surface area contributed by atoms with Crippen LogP contribution in [0, 0.1) is 0 Å². The first kappa shape index (κ1) is 21.1. The molecule has 0 N–H and O–H groups in total. The minimum Gasteiger partial charge on any atom is -0.454 e. The van der Waals surface area contributed by atoms with E-state index < -0.39 is 5.41 Å². The number of thiazole rings is 1. The predicted molar refractivity (Wildman–Crippen MR) is 128 cm³/mol. The molecule has 1 aromatic heterocycles. The minimum absolute atomic E-state index is 0.0892. The number of aromatic nitrogens is 1. The first-order chi connectivity index (χ1) is 16.1. The van der Waals surface area contributed by atoms with Crippen molar-refractivity contribution in [3.63, 3.8) is 0 Å². The van der Waals surface area contributed by atoms with Crippen molar-refractivity contribution in [2.75, 3.05) is 19.9 Å². The first-order valence-corrected chi connectivity index (χ1v) is 12.7. The second kappa shape index (κ2) is 8.42. The van der Waals surface area contributed by atoms with Gasteiger partial charge in [0.25, 0.3) is 0 Å². The Morgan fingerprint density at radius 1 is 1.12 bits per heavy atom. The summed E-state index contributed by atoms with van der Waals surface area (Å²) in [5, 5.41) is 1.65. The molecule has 0 spiro atoms. The molecule has 2 aliphatic heterocycles. The molecule has 0 bridgehead atoms. The standard InChI is InChI=1S/C26H25ClN2O3S/c27-19-6-2-1-5-18(19)25(29-11-3-4-12-29)22-15-28-24(33-22)14-23(30)26(9-10-26)17-7-8-20-21(13-17)32-16-31-20/h1-2,5-8,13,15,25H,3-4,9-12,14,16H2/t25-/m1/s1. The van der Waals surface area contributed by atoms with Crippen molar-refractivity contribution < 1.29 is 14.3 Å². The van der Waals surface area contributed by atoms with Crippen LogP contribution in [-0.2, 0) is 16.6 Å². The molecule has 3 aliphatic rings. The minimum atomic E-state index is -0.413. The molecule has 1 saturated heterocycles. The van der Waals surface area contributed by atoms with Crippen molar-refractivity contribution in [2.24, 2.45) is 0 Å². The summed E-state index contributed by atoms with van der Waals surface area (Å²) in [5.41, 5.74) is 1.73. The summed E-state index contributed by atoms with van der Waals surface area (Å²) in [6.45, 7) is 2.34. The van der Waals surface area contributed by atoms with Gasteiger partial charge in [-0.1, -0.05) is 35.9 Å². The van der Waals surface area contributed by atoms with E-state index in [2.05, 4.69) is 16.0 Å². The van der Waals surface area contributed by atoms with Crippen LogP contribution >= 0.6 is 22.9 Å². The van der Waals surface area contributed by atoms with E-state index in [4.69, 9.17) is 21.1 Å². The number of hydrogen-bond acceptors (Lipinski definition) is 6. The molecule has 7 heteroatoms. The lowest BCUT2D eigenvalue weighted by Gasteiger charge is -2.27. The van der Waals surface area contributed by atoms with E-state index >= 15 is 0 Å². The van der Waals surface area contributed by atoms with Gasteiger partial charge in [-0.05, 0) is 68.1 Å². The molecule has 33 heavy (non-hydrogen) atoms. The summed E-state index contributed by atoms with van der Waals surface area (Å²) in [6.07, 6.45) is 6.44. The van der Waals surface area contributed by atoms with Crippen LogP contribution in [0.4, 0.5) is 0 Å². The summed E-state index contributed by atoms with van der Waals surface area (Å²) in [4.78, 5) is 21.7. The molecule has 2 fully saturated rings. The Morgan fingerprint density at radius 2 is 1.91 bits per heavy atom. The van der Waals surface area contributed by atoms with Gasteiger partial charge in [0.1, 0.15) is 10.8 Å². The fraction of sp³-hybridized carbons (Fsp3) is 0.385. The van der Waals surface area contributed by atoms with Crippen molar-refractivity contribution in [1.82, 2.24) is 9.88 Å². The third-order valence-corrected chi connectivity index (χ3v) is 8.46. The fourth-order valence-electron chi connectivity index (χ4n) is 5.11. The Hall–Kier alpha value is -2.41. The van der Waals surface area contributed by atoms with Crippen molar-refractivity contribution in [3.05, 3.63) is 74.7 Å². The zero-order valence-electron chi connectivity index (χ0n) is 18.3. The molecule has 6 rings (SSSR count). The number of nitrogens with zero attached hydrogens (tertiary/aromatic N) is 2. The van der Waals surface area contributed by atoms with Gasteiger partial charge in [0.05, 0.1) is 17.9 Å². The number of carbonyl (C=O) groups is 1. The van der Waals surface area contributed by atoms with E-state index in [0.717, 1.165) is 63.5 Å². The number of carbonyl (C=O) groups excluding carboxylic acids is 1. The number of likely N-dealkylation sites (tertiary alicyclic amines) is 1. The maximum absolute atomic E-state index is 13.4. The number of benzene rings is 2. The molecule has 0 amide bonds. The summed E-state index contributed by atoms with van der Waals surface area (Å²) in [7, 11) is 0. The smallest absolute Gasteiger partial charge is 0.231 e. The van der Waals surface area contributed by atoms with Gasteiger partial charge >= 0.3 is 0 Å². The molecular formula is C26H25ClN2O3S. The Bertz CT molecular complexity index is 1200. The van der Waals surface area contributed by atoms with E-state index in [1.54, 1.807) is 11.3 Å². The fourth-order valence-corrected chi connectivity index (χ4v) is 6.43. The summed E-state index contributed by atoms with van der Waals surface area (Å²) in [5.74, 6) is 1.72. The lowest BCUT2D eigenvalue weighted by molar-refractivity contribution is -0.120. The third kappa shape index (κ3) is 3.84. The molecule has 1 atom stereocenters. The number of ether oxygens (including phenoxy) is 2. The second-order valence-electron chi connectivity index (χ2n) is 9.07. The maximum Gasteiger partial charge on any atom is 0.231 e. The molecule has 5 nitrogen and oxygen atoms in total. The molecule has 0 radical (unpaired) electrons. The van der Waals surface area contributed by atoms with Gasteiger partial charge in [-0.3, -0.25) is 9.69 Å². The maximum atomic E-state index is 13.4. The number of ketones is 1. The van der Waals surface area contributed by atoms with Crippen LogP contribution in [-0.4, -0.2) is 35.5 Å². The first-order valence-electron chi connectivity index (χ1n) is 11.5. The zero-order valence-corrected chi connectivity index (χ0v) is 19.8. The molecule has 3 heterocycles. The Kier molecular flexibility index (Phi) is 5.40. The number of Topliss-reactive ketones (excluding diaryl/α,β-unsaturated/α-hetero) is 1. The van der Waals surface area contributed by atoms with Crippen molar-refractivity contribution in [3.8, 4) is 11.5 Å². The summed E-state index contributed by atoms with van der Waals surface area (Å²) >= 11 is 8.24. The summed E-state index contributed by atoms with van der Waals surface area (Å²) < 4.78 is 11.0. The highest BCUT2D eigenvalue weighted by atomic mass is 35.5. The van der Waals surface area contributed by atoms with Gasteiger partial charge in [-0.2, -0.15) is 0 Å². The van der Waals surface area contributed by atoms with Crippen molar-refractivity contribution in [2.45, 2.75) is 43.6 Å². The SMILES string of the molecule is O=C(Cc1ncc([C@@H](c2ccccc2Cl)N2CCCC2)s1)C1(c2ccc3c(c2)OCO3)CC1. The van der Waals surface area contributed by atoms with Gasteiger partial charge in [-0.25, -0.2) is 4.98 Å². The monoisotopic (exact) mass is 480 g/mol. The number of fused-ring (bicyclic) bond motifs is 1. The molecule has 170 valence electrons. The van der Waals surface area contributed by atoms with Crippen LogP contribution in [0.1, 0.15) is 52.7 Å². The van der Waals surface area contributed by atoms with Crippen molar-refractivity contribution in [1.29, 1.82) is 0 Å². The quantitative estimate of drug-likeness (QED) is 0.443. The lowest BCUT2D eigenvalue weighted by atomic mass is 9.89. The largest absolute Gasteiger partial charge is 0.454 e. The van der Waals surface area contributed by atoms with Crippen LogP contribution in [0.25, 0.3) is 0 Å². The van der Waals surface area contributed by atoms with Gasteiger partial charge in [-0.15, -0.1) is 11.3 Å². The molecule has 2 aromatic carbocycles. The Labute approximate surface area is 202 Å². The Morgan fingerprint density at radius 3 is 2.70 bits per heavy atom. The highest BCUT2D eigenvalue weighted by Gasteiger charge is 2.51. The number of hydrogen-bond donors (Lipinski definition) is 0. The predicted octanol–water partition coefficient (Wildman–Crippen LogP) is 5.55. The van der Waals surface area contributed by atoms with Crippen LogP contribution in [0.5, 0.6) is 11.5 Å². The van der Waals surface area contributed by atoms with Gasteiger partial charge in [0.2, 0.25) is 6.79 Å². The average molecular weight is 481 g/mol. The number of halogens is 1. The van der Waals surface area contributed by atoms with Crippen LogP contribution in [0.2, 0.25) is 5.02 Å². The van der Waals surface area contributed by atoms with Crippen LogP contribution in [0.3, 0.4) is 0 Å². The normalized spacial score (nSPS) is 19.5. The molecule has 1 aliphatic carbocycles. The third-order valence-electron chi connectivity index (χ3n) is 7.07.